The third-order valence-electron chi connectivity index (χ3n) is 3.39. The molecule has 3 saturated heterocycles. The summed E-state index contributed by atoms with van der Waals surface area (Å²) in [6, 6.07) is 0. The van der Waals surface area contributed by atoms with E-state index in [1.807, 2.05) is 34.6 Å². The summed E-state index contributed by atoms with van der Waals surface area (Å²) in [5, 5.41) is 0. The van der Waals surface area contributed by atoms with Gasteiger partial charge in [0.2, 0.25) is 0 Å². The highest BCUT2D eigenvalue weighted by molar-refractivity contribution is 4.98. The van der Waals surface area contributed by atoms with E-state index in [1.54, 1.807) is 0 Å². The minimum atomic E-state index is -0.625. The molecule has 0 N–H and O–H groups in total. The van der Waals surface area contributed by atoms with Crippen molar-refractivity contribution in [1.29, 1.82) is 0 Å². The van der Waals surface area contributed by atoms with Crippen molar-refractivity contribution in [3.05, 3.63) is 0 Å². The lowest BCUT2D eigenvalue weighted by atomic mass is 10.0. The molecule has 5 atom stereocenters. The molecular weight excluding hydrogens is 224 g/mol. The van der Waals surface area contributed by atoms with E-state index in [0.717, 1.165) is 0 Å². The lowest BCUT2D eigenvalue weighted by Gasteiger charge is -2.35. The van der Waals surface area contributed by atoms with Crippen molar-refractivity contribution in [2.45, 2.75) is 76.9 Å². The van der Waals surface area contributed by atoms with Crippen LogP contribution in [-0.4, -0.2) is 42.3 Å². The molecule has 0 aromatic heterocycles. The summed E-state index contributed by atoms with van der Waals surface area (Å²) in [6.07, 6.45) is -0.850. The fraction of sp³-hybridized carbons (Fsp3) is 1.00. The zero-order chi connectivity index (χ0) is 12.4. The molecule has 3 rings (SSSR count). The summed E-state index contributed by atoms with van der Waals surface area (Å²) in [5.74, 6) is -1.21. The van der Waals surface area contributed by atoms with Crippen LogP contribution in [0.2, 0.25) is 0 Å². The Morgan fingerprint density at radius 2 is 1.24 bits per heavy atom. The van der Waals surface area contributed by atoms with Gasteiger partial charge in [-0.25, -0.2) is 0 Å². The SMILES string of the molecule is C[C@H]1O[C@@H]2OC(C)(C)O[C@@H]2[C@H]2OC(C)(C)O[C@H]21. The minimum Gasteiger partial charge on any atom is -0.344 e. The largest absolute Gasteiger partial charge is 0.344 e. The van der Waals surface area contributed by atoms with Crippen molar-refractivity contribution in [3.8, 4) is 0 Å². The lowest BCUT2D eigenvalue weighted by molar-refractivity contribution is -0.229. The van der Waals surface area contributed by atoms with Gasteiger partial charge in [0.1, 0.15) is 18.3 Å². The van der Waals surface area contributed by atoms with E-state index in [9.17, 15) is 0 Å². The van der Waals surface area contributed by atoms with Crippen molar-refractivity contribution < 1.29 is 23.7 Å². The molecule has 0 saturated carbocycles. The molecule has 0 aromatic rings. The summed E-state index contributed by atoms with van der Waals surface area (Å²) < 4.78 is 29.2. The fourth-order valence-corrected chi connectivity index (χ4v) is 2.81. The number of hydrogen-bond acceptors (Lipinski definition) is 5. The van der Waals surface area contributed by atoms with Crippen LogP contribution in [0.1, 0.15) is 34.6 Å². The van der Waals surface area contributed by atoms with E-state index in [-0.39, 0.29) is 30.7 Å². The quantitative estimate of drug-likeness (QED) is 0.644. The number of hydrogen-bond donors (Lipinski definition) is 0. The van der Waals surface area contributed by atoms with Crippen LogP contribution in [0.15, 0.2) is 0 Å². The summed E-state index contributed by atoms with van der Waals surface area (Å²) in [7, 11) is 0. The average Bonchev–Trinajstić information content (AvgIpc) is 2.62. The molecular formula is C12H20O5. The van der Waals surface area contributed by atoms with Gasteiger partial charge in [-0.15, -0.1) is 0 Å². The first-order chi connectivity index (χ1) is 7.77. The van der Waals surface area contributed by atoms with E-state index in [0.29, 0.717) is 0 Å². The molecule has 0 unspecified atom stereocenters. The van der Waals surface area contributed by atoms with Crippen LogP contribution in [0.4, 0.5) is 0 Å². The van der Waals surface area contributed by atoms with Crippen LogP contribution in [0.25, 0.3) is 0 Å². The molecule has 5 nitrogen and oxygen atoms in total. The van der Waals surface area contributed by atoms with E-state index >= 15 is 0 Å². The van der Waals surface area contributed by atoms with Gasteiger partial charge in [-0.05, 0) is 34.6 Å². The Morgan fingerprint density at radius 3 is 1.94 bits per heavy atom. The highest BCUT2D eigenvalue weighted by Crippen LogP contribution is 2.43. The maximum absolute atomic E-state index is 5.92. The van der Waals surface area contributed by atoms with E-state index in [1.165, 1.54) is 0 Å². The van der Waals surface area contributed by atoms with E-state index in [4.69, 9.17) is 23.7 Å². The van der Waals surface area contributed by atoms with Crippen molar-refractivity contribution in [2.75, 3.05) is 0 Å². The predicted octanol–water partition coefficient (Wildman–Crippen LogP) is 1.40. The Kier molecular flexibility index (Phi) is 2.39. The van der Waals surface area contributed by atoms with E-state index < -0.39 is 11.6 Å². The first-order valence-electron chi connectivity index (χ1n) is 6.14. The van der Waals surface area contributed by atoms with Gasteiger partial charge >= 0.3 is 0 Å². The first kappa shape index (κ1) is 11.9. The smallest absolute Gasteiger partial charge is 0.190 e. The second-order valence-electron chi connectivity index (χ2n) is 5.87. The van der Waals surface area contributed by atoms with Crippen molar-refractivity contribution in [1.82, 2.24) is 0 Å². The summed E-state index contributed by atoms with van der Waals surface area (Å²) >= 11 is 0. The monoisotopic (exact) mass is 244 g/mol. The van der Waals surface area contributed by atoms with Crippen LogP contribution >= 0.6 is 0 Å². The normalized spacial score (nSPS) is 51.0. The zero-order valence-corrected chi connectivity index (χ0v) is 10.9. The van der Waals surface area contributed by atoms with Gasteiger partial charge in [-0.1, -0.05) is 0 Å². The molecule has 3 fully saturated rings. The van der Waals surface area contributed by atoms with Crippen LogP contribution in [-0.2, 0) is 23.7 Å². The Labute approximate surface area is 101 Å². The van der Waals surface area contributed by atoms with Crippen LogP contribution in [0.5, 0.6) is 0 Å². The van der Waals surface area contributed by atoms with Crippen LogP contribution < -0.4 is 0 Å². The van der Waals surface area contributed by atoms with Gasteiger partial charge in [-0.2, -0.15) is 0 Å². The standard InChI is InChI=1S/C12H20O5/c1-6-7-8(15-11(2,3)14-7)9-10(13-6)17-12(4,5)16-9/h6-10H,1-5H3/t6-,7+,8+,9-,10-/m1/s1. The van der Waals surface area contributed by atoms with E-state index in [2.05, 4.69) is 0 Å². The Balaban J connectivity index is 1.86. The summed E-state index contributed by atoms with van der Waals surface area (Å²) in [4.78, 5) is 0. The predicted molar refractivity (Wildman–Crippen MR) is 58.2 cm³/mol. The van der Waals surface area contributed by atoms with Gasteiger partial charge in [-0.3, -0.25) is 0 Å². The lowest BCUT2D eigenvalue weighted by Crippen LogP contribution is -2.53. The van der Waals surface area contributed by atoms with Gasteiger partial charge in [0.05, 0.1) is 6.10 Å². The van der Waals surface area contributed by atoms with Crippen molar-refractivity contribution >= 4 is 0 Å². The van der Waals surface area contributed by atoms with Gasteiger partial charge < -0.3 is 23.7 Å². The minimum absolute atomic E-state index is 0.0551. The second kappa shape index (κ2) is 3.42. The maximum Gasteiger partial charge on any atom is 0.190 e. The molecule has 0 radical (unpaired) electrons. The number of fused-ring (bicyclic) bond motifs is 3. The molecule has 0 amide bonds. The van der Waals surface area contributed by atoms with Gasteiger partial charge in [0, 0.05) is 0 Å². The van der Waals surface area contributed by atoms with Crippen molar-refractivity contribution in [3.63, 3.8) is 0 Å². The molecule has 98 valence electrons. The Morgan fingerprint density at radius 1 is 0.706 bits per heavy atom. The highest BCUT2D eigenvalue weighted by Gasteiger charge is 2.59. The average molecular weight is 244 g/mol. The molecule has 0 bridgehead atoms. The molecule has 0 aliphatic carbocycles. The summed E-state index contributed by atoms with van der Waals surface area (Å²) in [5.41, 5.74) is 0. The third kappa shape index (κ3) is 1.90. The molecule has 3 aliphatic heterocycles. The molecule has 0 spiro atoms. The second-order valence-corrected chi connectivity index (χ2v) is 5.87. The van der Waals surface area contributed by atoms with Gasteiger partial charge in [0.25, 0.3) is 0 Å². The molecule has 3 aliphatic rings. The molecule has 5 heteroatoms. The first-order valence-corrected chi connectivity index (χ1v) is 6.14. The Bertz CT molecular complexity index is 327. The Hall–Kier alpha value is -0.200. The van der Waals surface area contributed by atoms with Gasteiger partial charge in [0.15, 0.2) is 17.9 Å². The molecule has 0 aromatic carbocycles. The zero-order valence-electron chi connectivity index (χ0n) is 10.9. The molecule has 3 heterocycles. The number of rotatable bonds is 0. The molecule has 17 heavy (non-hydrogen) atoms. The fourth-order valence-electron chi connectivity index (χ4n) is 2.81. The third-order valence-corrected chi connectivity index (χ3v) is 3.39. The topological polar surface area (TPSA) is 46.2 Å². The maximum atomic E-state index is 5.92. The highest BCUT2D eigenvalue weighted by atomic mass is 16.9. The number of ether oxygens (including phenoxy) is 5. The van der Waals surface area contributed by atoms with Crippen LogP contribution in [0.3, 0.4) is 0 Å². The van der Waals surface area contributed by atoms with Crippen LogP contribution in [0, 0.1) is 0 Å². The summed E-state index contributed by atoms with van der Waals surface area (Å²) in [6.45, 7) is 9.57. The van der Waals surface area contributed by atoms with Crippen molar-refractivity contribution in [2.24, 2.45) is 0 Å².